The minimum Gasteiger partial charge on any atom is -0.493 e. The summed E-state index contributed by atoms with van der Waals surface area (Å²) in [6.07, 6.45) is 1.93. The summed E-state index contributed by atoms with van der Waals surface area (Å²) in [5.74, 6) is 1.39. The lowest BCUT2D eigenvalue weighted by molar-refractivity contribution is -0.129. The van der Waals surface area contributed by atoms with Crippen molar-refractivity contribution in [3.8, 4) is 5.75 Å². The van der Waals surface area contributed by atoms with E-state index in [1.165, 1.54) is 0 Å². The minimum absolute atomic E-state index is 0.196. The van der Waals surface area contributed by atoms with Gasteiger partial charge in [0.25, 0.3) is 0 Å². The molecule has 2 rings (SSSR count). The summed E-state index contributed by atoms with van der Waals surface area (Å²) in [5.41, 5.74) is 1.16. The van der Waals surface area contributed by atoms with Gasteiger partial charge in [-0.15, -0.1) is 0 Å². The van der Waals surface area contributed by atoms with Crippen LogP contribution >= 0.6 is 0 Å². The van der Waals surface area contributed by atoms with Gasteiger partial charge in [-0.25, -0.2) is 0 Å². The smallest absolute Gasteiger partial charge is 0.162 e. The minimum atomic E-state index is -0.264. The Bertz CT molecular complexity index is 410. The third-order valence-corrected chi connectivity index (χ3v) is 3.54. The molecule has 98 valence electrons. The van der Waals surface area contributed by atoms with Crippen molar-refractivity contribution in [3.05, 3.63) is 29.8 Å². The van der Waals surface area contributed by atoms with Crippen molar-refractivity contribution in [1.82, 2.24) is 0 Å². The molecular weight excluding hydrogens is 228 g/mol. The molecule has 0 N–H and O–H groups in total. The zero-order valence-corrected chi connectivity index (χ0v) is 11.0. The van der Waals surface area contributed by atoms with E-state index in [2.05, 4.69) is 6.07 Å². The lowest BCUT2D eigenvalue weighted by Crippen LogP contribution is -2.25. The first-order valence-corrected chi connectivity index (χ1v) is 6.53. The van der Waals surface area contributed by atoms with Crippen LogP contribution in [0.15, 0.2) is 24.3 Å². The highest BCUT2D eigenvalue weighted by Crippen LogP contribution is 2.35. The van der Waals surface area contributed by atoms with Gasteiger partial charge < -0.3 is 9.47 Å². The Morgan fingerprint density at radius 2 is 2.28 bits per heavy atom. The Balaban J connectivity index is 2.09. The average molecular weight is 248 g/mol. The first-order chi connectivity index (χ1) is 8.76. The molecule has 18 heavy (non-hydrogen) atoms. The molecule has 0 radical (unpaired) electrons. The Morgan fingerprint density at radius 1 is 1.50 bits per heavy atom. The number of hydrogen-bond acceptors (Lipinski definition) is 3. The van der Waals surface area contributed by atoms with Crippen molar-refractivity contribution in [2.24, 2.45) is 0 Å². The molecule has 1 aromatic rings. The molecule has 0 fully saturated rings. The number of hydrogen-bond donors (Lipinski definition) is 0. The zero-order valence-electron chi connectivity index (χ0n) is 11.0. The fraction of sp³-hybridized carbons (Fsp3) is 0.533. The summed E-state index contributed by atoms with van der Waals surface area (Å²) in [4.78, 5) is 12.1. The molecule has 0 amide bonds. The number of para-hydroxylation sites is 1. The standard InChI is InChI=1S/C15H20O3/c1-3-14(17-2)13(16)10-11-8-9-18-15-7-5-4-6-12(11)15/h4-7,11,14H,3,8-10H2,1-2H3. The van der Waals surface area contributed by atoms with Crippen LogP contribution in [0, 0.1) is 0 Å². The second-order valence-electron chi connectivity index (χ2n) is 4.67. The van der Waals surface area contributed by atoms with Crippen molar-refractivity contribution in [2.45, 2.75) is 38.2 Å². The van der Waals surface area contributed by atoms with E-state index in [1.54, 1.807) is 7.11 Å². The van der Waals surface area contributed by atoms with Crippen LogP contribution in [0.5, 0.6) is 5.75 Å². The van der Waals surface area contributed by atoms with Crippen LogP contribution in [0.25, 0.3) is 0 Å². The third kappa shape index (κ3) is 2.72. The second kappa shape index (κ2) is 6.01. The molecule has 0 spiro atoms. The highest BCUT2D eigenvalue weighted by Gasteiger charge is 2.26. The normalized spacial score (nSPS) is 19.8. The van der Waals surface area contributed by atoms with Crippen LogP contribution in [0.4, 0.5) is 0 Å². The Labute approximate surface area is 108 Å². The number of benzene rings is 1. The van der Waals surface area contributed by atoms with Gasteiger partial charge in [-0.1, -0.05) is 25.1 Å². The van der Waals surface area contributed by atoms with Gasteiger partial charge in [-0.05, 0) is 30.4 Å². The summed E-state index contributed by atoms with van der Waals surface area (Å²) in [6, 6.07) is 7.99. The van der Waals surface area contributed by atoms with Crippen LogP contribution in [-0.2, 0) is 9.53 Å². The maximum Gasteiger partial charge on any atom is 0.162 e. The second-order valence-corrected chi connectivity index (χ2v) is 4.67. The molecule has 0 bridgehead atoms. The number of methoxy groups -OCH3 is 1. The molecule has 1 aliphatic rings. The van der Waals surface area contributed by atoms with E-state index in [4.69, 9.17) is 9.47 Å². The first-order valence-electron chi connectivity index (χ1n) is 6.53. The Morgan fingerprint density at radius 3 is 3.00 bits per heavy atom. The number of Topliss-reactive ketones (excluding diaryl/α,β-unsaturated/α-hetero) is 1. The van der Waals surface area contributed by atoms with E-state index in [9.17, 15) is 4.79 Å². The average Bonchev–Trinajstić information content (AvgIpc) is 2.40. The van der Waals surface area contributed by atoms with Crippen molar-refractivity contribution in [2.75, 3.05) is 13.7 Å². The van der Waals surface area contributed by atoms with Gasteiger partial charge >= 0.3 is 0 Å². The number of rotatable bonds is 5. The molecule has 1 aromatic carbocycles. The molecular formula is C15H20O3. The van der Waals surface area contributed by atoms with Gasteiger partial charge in [0.2, 0.25) is 0 Å². The lowest BCUT2D eigenvalue weighted by atomic mass is 9.87. The number of ether oxygens (including phenoxy) is 2. The summed E-state index contributed by atoms with van der Waals surface area (Å²) in [6.45, 7) is 2.67. The molecule has 3 heteroatoms. The maximum absolute atomic E-state index is 12.1. The van der Waals surface area contributed by atoms with Crippen LogP contribution in [0.1, 0.15) is 37.7 Å². The highest BCUT2D eigenvalue weighted by atomic mass is 16.5. The Hall–Kier alpha value is -1.35. The molecule has 0 saturated carbocycles. The van der Waals surface area contributed by atoms with Gasteiger partial charge in [-0.2, -0.15) is 0 Å². The molecule has 0 saturated heterocycles. The number of carbonyl (C=O) groups excluding carboxylic acids is 1. The molecule has 1 heterocycles. The van der Waals surface area contributed by atoms with E-state index >= 15 is 0 Å². The molecule has 1 aliphatic heterocycles. The van der Waals surface area contributed by atoms with Crippen LogP contribution in [0.3, 0.4) is 0 Å². The largest absolute Gasteiger partial charge is 0.493 e. The molecule has 2 atom stereocenters. The van der Waals surface area contributed by atoms with Crippen LogP contribution in [0.2, 0.25) is 0 Å². The fourth-order valence-electron chi connectivity index (χ4n) is 2.53. The highest BCUT2D eigenvalue weighted by molar-refractivity contribution is 5.84. The summed E-state index contributed by atoms with van der Waals surface area (Å²) in [7, 11) is 1.60. The van der Waals surface area contributed by atoms with E-state index in [0.29, 0.717) is 13.0 Å². The van der Waals surface area contributed by atoms with Gasteiger partial charge in [0, 0.05) is 13.5 Å². The number of fused-ring (bicyclic) bond motifs is 1. The molecule has 2 unspecified atom stereocenters. The monoisotopic (exact) mass is 248 g/mol. The third-order valence-electron chi connectivity index (χ3n) is 3.54. The van der Waals surface area contributed by atoms with Crippen molar-refractivity contribution < 1.29 is 14.3 Å². The number of carbonyl (C=O) groups is 1. The maximum atomic E-state index is 12.1. The summed E-state index contributed by atoms with van der Waals surface area (Å²) >= 11 is 0. The summed E-state index contributed by atoms with van der Waals surface area (Å²) in [5, 5.41) is 0. The molecule has 3 nitrogen and oxygen atoms in total. The van der Waals surface area contributed by atoms with E-state index in [0.717, 1.165) is 24.2 Å². The van der Waals surface area contributed by atoms with Crippen molar-refractivity contribution >= 4 is 5.78 Å². The molecule has 0 aromatic heterocycles. The van der Waals surface area contributed by atoms with Crippen LogP contribution < -0.4 is 4.74 Å². The van der Waals surface area contributed by atoms with Gasteiger partial charge in [0.15, 0.2) is 5.78 Å². The topological polar surface area (TPSA) is 35.5 Å². The predicted molar refractivity (Wildman–Crippen MR) is 70.0 cm³/mol. The SMILES string of the molecule is CCC(OC)C(=O)CC1CCOc2ccccc21. The van der Waals surface area contributed by atoms with E-state index in [-0.39, 0.29) is 17.8 Å². The lowest BCUT2D eigenvalue weighted by Gasteiger charge is -2.26. The fourth-order valence-corrected chi connectivity index (χ4v) is 2.53. The van der Waals surface area contributed by atoms with Crippen molar-refractivity contribution in [3.63, 3.8) is 0 Å². The first kappa shape index (κ1) is 13.1. The summed E-state index contributed by atoms with van der Waals surface area (Å²) < 4.78 is 10.8. The number of ketones is 1. The van der Waals surface area contributed by atoms with Crippen molar-refractivity contribution in [1.29, 1.82) is 0 Å². The quantitative estimate of drug-likeness (QED) is 0.803. The predicted octanol–water partition coefficient (Wildman–Crippen LogP) is 2.94. The van der Waals surface area contributed by atoms with E-state index < -0.39 is 0 Å². The zero-order chi connectivity index (χ0) is 13.0. The Kier molecular flexibility index (Phi) is 4.37. The van der Waals surface area contributed by atoms with Crippen LogP contribution in [-0.4, -0.2) is 25.6 Å². The molecule has 0 aliphatic carbocycles. The van der Waals surface area contributed by atoms with E-state index in [1.807, 2.05) is 25.1 Å². The van der Waals surface area contributed by atoms with Gasteiger partial charge in [0.05, 0.1) is 6.61 Å². The van der Waals surface area contributed by atoms with Gasteiger partial charge in [0.1, 0.15) is 11.9 Å². The van der Waals surface area contributed by atoms with Gasteiger partial charge in [-0.3, -0.25) is 4.79 Å².